The van der Waals surface area contributed by atoms with Crippen LogP contribution in [0.25, 0.3) is 0 Å². The van der Waals surface area contributed by atoms with Gasteiger partial charge in [-0.3, -0.25) is 10.1 Å². The zero-order chi connectivity index (χ0) is 14.5. The molecule has 8 heteroatoms. The number of rotatable bonds is 5. The fourth-order valence-corrected chi connectivity index (χ4v) is 2.98. The van der Waals surface area contributed by atoms with Crippen molar-refractivity contribution < 1.29 is 4.92 Å². The van der Waals surface area contributed by atoms with E-state index in [1.165, 1.54) is 0 Å². The van der Waals surface area contributed by atoms with E-state index in [2.05, 4.69) is 15.3 Å². The lowest BCUT2D eigenvalue weighted by Gasteiger charge is -2.27. The van der Waals surface area contributed by atoms with Gasteiger partial charge in [-0.2, -0.15) is 16.7 Å². The van der Waals surface area contributed by atoms with Gasteiger partial charge in [0.15, 0.2) is 0 Å². The largest absolute Gasteiger partial charge is 0.354 e. The summed E-state index contributed by atoms with van der Waals surface area (Å²) in [6.45, 7) is 6.05. The van der Waals surface area contributed by atoms with Crippen LogP contribution in [0.4, 0.5) is 17.5 Å². The first-order valence-electron chi connectivity index (χ1n) is 6.73. The van der Waals surface area contributed by atoms with Crippen LogP contribution in [0.3, 0.4) is 0 Å². The Bertz CT molecular complexity index is 491. The highest BCUT2D eigenvalue weighted by atomic mass is 32.2. The molecule has 1 aromatic heterocycles. The van der Waals surface area contributed by atoms with Crippen molar-refractivity contribution in [2.45, 2.75) is 20.3 Å². The fraction of sp³-hybridized carbons (Fsp3) is 0.667. The van der Waals surface area contributed by atoms with Gasteiger partial charge in [-0.25, -0.2) is 4.98 Å². The Hall–Kier alpha value is -1.57. The maximum Gasteiger partial charge on any atom is 0.332 e. The van der Waals surface area contributed by atoms with Gasteiger partial charge in [0.1, 0.15) is 5.69 Å². The molecule has 20 heavy (non-hydrogen) atoms. The summed E-state index contributed by atoms with van der Waals surface area (Å²) in [6.07, 6.45) is 0.953. The summed E-state index contributed by atoms with van der Waals surface area (Å²) in [4.78, 5) is 21.5. The predicted molar refractivity (Wildman–Crippen MR) is 81.7 cm³/mol. The van der Waals surface area contributed by atoms with Gasteiger partial charge >= 0.3 is 5.69 Å². The Morgan fingerprint density at radius 1 is 1.40 bits per heavy atom. The number of thioether (sulfide) groups is 1. The highest BCUT2D eigenvalue weighted by Crippen LogP contribution is 2.31. The molecule has 1 fully saturated rings. The first-order chi connectivity index (χ1) is 9.63. The number of aryl methyl sites for hydroxylation is 1. The van der Waals surface area contributed by atoms with Gasteiger partial charge in [-0.05, 0) is 13.3 Å². The van der Waals surface area contributed by atoms with Crippen molar-refractivity contribution in [3.05, 3.63) is 15.8 Å². The van der Waals surface area contributed by atoms with Crippen LogP contribution in [-0.2, 0) is 0 Å². The maximum absolute atomic E-state index is 11.3. The lowest BCUT2D eigenvalue weighted by atomic mass is 10.3. The van der Waals surface area contributed by atoms with E-state index in [0.29, 0.717) is 17.5 Å². The summed E-state index contributed by atoms with van der Waals surface area (Å²) in [7, 11) is 0. The molecule has 1 aromatic rings. The summed E-state index contributed by atoms with van der Waals surface area (Å²) < 4.78 is 0. The predicted octanol–water partition coefficient (Wildman–Crippen LogP) is 2.07. The molecule has 0 aliphatic carbocycles. The number of aromatic nitrogens is 2. The van der Waals surface area contributed by atoms with Gasteiger partial charge < -0.3 is 10.2 Å². The minimum atomic E-state index is -0.379. The standard InChI is InChI=1S/C12H19N5O2S/c1-3-4-13-12-14-9(2)10(17(18)19)11(15-12)16-5-7-20-8-6-16/h3-8H2,1-2H3,(H,13,14,15). The summed E-state index contributed by atoms with van der Waals surface area (Å²) >= 11 is 1.86. The van der Waals surface area contributed by atoms with E-state index >= 15 is 0 Å². The quantitative estimate of drug-likeness (QED) is 0.657. The first-order valence-corrected chi connectivity index (χ1v) is 7.88. The Labute approximate surface area is 122 Å². The Morgan fingerprint density at radius 2 is 2.10 bits per heavy atom. The van der Waals surface area contributed by atoms with E-state index in [9.17, 15) is 10.1 Å². The monoisotopic (exact) mass is 297 g/mol. The molecule has 7 nitrogen and oxygen atoms in total. The normalized spacial score (nSPS) is 15.2. The van der Waals surface area contributed by atoms with Crippen LogP contribution in [0, 0.1) is 17.0 Å². The summed E-state index contributed by atoms with van der Waals surface area (Å²) in [6, 6.07) is 0. The van der Waals surface area contributed by atoms with E-state index in [0.717, 1.165) is 37.6 Å². The van der Waals surface area contributed by atoms with Crippen LogP contribution in [0.5, 0.6) is 0 Å². The SMILES string of the molecule is CCCNc1nc(C)c([N+](=O)[O-])c(N2CCSCC2)n1. The summed E-state index contributed by atoms with van der Waals surface area (Å²) in [5, 5.41) is 14.4. The highest BCUT2D eigenvalue weighted by molar-refractivity contribution is 7.99. The van der Waals surface area contributed by atoms with Crippen molar-refractivity contribution in [3.63, 3.8) is 0 Å². The zero-order valence-corrected chi connectivity index (χ0v) is 12.6. The third-order valence-corrected chi connectivity index (χ3v) is 4.01. The van der Waals surface area contributed by atoms with Gasteiger partial charge in [0.2, 0.25) is 11.8 Å². The molecule has 0 aromatic carbocycles. The molecule has 0 spiro atoms. The highest BCUT2D eigenvalue weighted by Gasteiger charge is 2.27. The molecule has 110 valence electrons. The molecule has 0 amide bonds. The molecule has 0 saturated carbocycles. The molecular weight excluding hydrogens is 278 g/mol. The van der Waals surface area contributed by atoms with E-state index in [1.807, 2.05) is 23.6 Å². The zero-order valence-electron chi connectivity index (χ0n) is 11.8. The van der Waals surface area contributed by atoms with Gasteiger partial charge in [0.25, 0.3) is 0 Å². The van der Waals surface area contributed by atoms with Crippen LogP contribution in [0.1, 0.15) is 19.0 Å². The number of nitrogens with one attached hydrogen (secondary N) is 1. The molecule has 1 N–H and O–H groups in total. The van der Waals surface area contributed by atoms with Gasteiger partial charge in [0.05, 0.1) is 4.92 Å². The van der Waals surface area contributed by atoms with E-state index in [-0.39, 0.29) is 10.6 Å². The molecule has 1 aliphatic heterocycles. The average Bonchev–Trinajstić information content (AvgIpc) is 2.45. The molecule has 2 heterocycles. The van der Waals surface area contributed by atoms with Crippen molar-refractivity contribution in [1.29, 1.82) is 0 Å². The molecule has 0 bridgehead atoms. The number of nitro groups is 1. The van der Waals surface area contributed by atoms with Crippen LogP contribution in [0.2, 0.25) is 0 Å². The van der Waals surface area contributed by atoms with Crippen LogP contribution < -0.4 is 10.2 Å². The molecule has 1 aliphatic rings. The number of anilines is 2. The molecule has 0 unspecified atom stereocenters. The minimum Gasteiger partial charge on any atom is -0.354 e. The Kier molecular flexibility index (Phi) is 4.99. The third-order valence-electron chi connectivity index (χ3n) is 3.07. The molecule has 1 saturated heterocycles. The van der Waals surface area contributed by atoms with Crippen molar-refractivity contribution >= 4 is 29.2 Å². The second kappa shape index (κ2) is 6.74. The molecule has 2 rings (SSSR count). The fourth-order valence-electron chi connectivity index (χ4n) is 2.08. The Balaban J connectivity index is 2.38. The average molecular weight is 297 g/mol. The first kappa shape index (κ1) is 14.8. The Morgan fingerprint density at radius 3 is 2.70 bits per heavy atom. The molecular formula is C12H19N5O2S. The maximum atomic E-state index is 11.3. The number of nitrogens with zero attached hydrogens (tertiary/aromatic N) is 4. The minimum absolute atomic E-state index is 0.0268. The topological polar surface area (TPSA) is 84.2 Å². The van der Waals surface area contributed by atoms with Gasteiger partial charge in [0, 0.05) is 31.1 Å². The molecule has 0 atom stereocenters. The molecule has 0 radical (unpaired) electrons. The lowest BCUT2D eigenvalue weighted by Crippen LogP contribution is -2.34. The van der Waals surface area contributed by atoms with Crippen molar-refractivity contribution in [2.75, 3.05) is 41.4 Å². The van der Waals surface area contributed by atoms with Crippen molar-refractivity contribution in [1.82, 2.24) is 9.97 Å². The van der Waals surface area contributed by atoms with E-state index in [4.69, 9.17) is 0 Å². The van der Waals surface area contributed by atoms with Crippen LogP contribution in [-0.4, -0.2) is 46.0 Å². The number of hydrogen-bond acceptors (Lipinski definition) is 7. The summed E-state index contributed by atoms with van der Waals surface area (Å²) in [5.41, 5.74) is 0.441. The van der Waals surface area contributed by atoms with Gasteiger partial charge in [-0.15, -0.1) is 0 Å². The van der Waals surface area contributed by atoms with E-state index < -0.39 is 0 Å². The van der Waals surface area contributed by atoms with E-state index in [1.54, 1.807) is 6.92 Å². The van der Waals surface area contributed by atoms with Crippen molar-refractivity contribution in [3.8, 4) is 0 Å². The van der Waals surface area contributed by atoms with Crippen LogP contribution >= 0.6 is 11.8 Å². The second-order valence-corrected chi connectivity index (χ2v) is 5.81. The summed E-state index contributed by atoms with van der Waals surface area (Å²) in [5.74, 6) is 2.86. The van der Waals surface area contributed by atoms with Crippen molar-refractivity contribution in [2.24, 2.45) is 0 Å². The third kappa shape index (κ3) is 3.30. The lowest BCUT2D eigenvalue weighted by molar-refractivity contribution is -0.385. The number of hydrogen-bond donors (Lipinski definition) is 1. The van der Waals surface area contributed by atoms with Gasteiger partial charge in [-0.1, -0.05) is 6.92 Å². The second-order valence-electron chi connectivity index (χ2n) is 4.59. The smallest absolute Gasteiger partial charge is 0.332 e. The van der Waals surface area contributed by atoms with Crippen LogP contribution in [0.15, 0.2) is 0 Å².